The molecule has 0 bridgehead atoms. The fraction of sp³-hybridized carbons (Fsp3) is 1.00. The van der Waals surface area contributed by atoms with Gasteiger partial charge in [-0.15, -0.1) is 0 Å². The van der Waals surface area contributed by atoms with Crippen LogP contribution in [0.1, 0.15) is 46.5 Å². The summed E-state index contributed by atoms with van der Waals surface area (Å²) in [5.74, 6) is 0.939. The molecule has 0 aromatic heterocycles. The minimum absolute atomic E-state index is 0.337. The van der Waals surface area contributed by atoms with Gasteiger partial charge in [-0.2, -0.15) is 0 Å². The summed E-state index contributed by atoms with van der Waals surface area (Å²) in [5.41, 5.74) is 0.337. The molecule has 1 N–H and O–H groups in total. The number of piperazine rings is 1. The molecule has 2 fully saturated rings. The van der Waals surface area contributed by atoms with Gasteiger partial charge in [0.05, 0.1) is 6.61 Å². The maximum atomic E-state index is 5.39. The summed E-state index contributed by atoms with van der Waals surface area (Å²) in [6, 6.07) is 1.24. The van der Waals surface area contributed by atoms with Gasteiger partial charge >= 0.3 is 0 Å². The van der Waals surface area contributed by atoms with E-state index < -0.39 is 0 Å². The lowest BCUT2D eigenvalue weighted by molar-refractivity contribution is -0.0264. The monoisotopic (exact) mass is 254 g/mol. The maximum absolute atomic E-state index is 5.39. The standard InChI is InChI=1S/C15H30N2O/c1-5-15(6-2)11-16-14(13-7-8-13)9-17(15)12(3)10-18-4/h12-14,16H,5-11H2,1-4H3. The minimum Gasteiger partial charge on any atom is -0.383 e. The number of methoxy groups -OCH3 is 1. The van der Waals surface area contributed by atoms with Crippen LogP contribution in [0.15, 0.2) is 0 Å². The SMILES string of the molecule is CCC1(CC)CNC(C2CC2)CN1C(C)COC. The Morgan fingerprint density at radius 3 is 2.50 bits per heavy atom. The Bertz CT molecular complexity index is 261. The Hall–Kier alpha value is -0.120. The van der Waals surface area contributed by atoms with Gasteiger partial charge in [-0.25, -0.2) is 0 Å². The third-order valence-electron chi connectivity index (χ3n) is 5.14. The van der Waals surface area contributed by atoms with Gasteiger partial charge in [0.2, 0.25) is 0 Å². The lowest BCUT2D eigenvalue weighted by Crippen LogP contribution is -2.67. The lowest BCUT2D eigenvalue weighted by atomic mass is 9.85. The van der Waals surface area contributed by atoms with E-state index in [2.05, 4.69) is 31.0 Å². The van der Waals surface area contributed by atoms with Gasteiger partial charge in [-0.05, 0) is 38.5 Å². The zero-order valence-corrected chi connectivity index (χ0v) is 12.5. The summed E-state index contributed by atoms with van der Waals surface area (Å²) >= 11 is 0. The third kappa shape index (κ3) is 2.73. The highest BCUT2D eigenvalue weighted by atomic mass is 16.5. The molecule has 3 heteroatoms. The zero-order valence-electron chi connectivity index (χ0n) is 12.5. The molecule has 1 aliphatic carbocycles. The van der Waals surface area contributed by atoms with Crippen molar-refractivity contribution in [2.75, 3.05) is 26.8 Å². The summed E-state index contributed by atoms with van der Waals surface area (Å²) in [7, 11) is 1.82. The fourth-order valence-corrected chi connectivity index (χ4v) is 3.59. The Morgan fingerprint density at radius 1 is 1.33 bits per heavy atom. The van der Waals surface area contributed by atoms with E-state index in [-0.39, 0.29) is 0 Å². The molecule has 1 aliphatic heterocycles. The van der Waals surface area contributed by atoms with Gasteiger partial charge in [0.25, 0.3) is 0 Å². The summed E-state index contributed by atoms with van der Waals surface area (Å²) in [6.07, 6.45) is 5.30. The van der Waals surface area contributed by atoms with Crippen LogP contribution < -0.4 is 5.32 Å². The van der Waals surface area contributed by atoms with Crippen LogP contribution in [0.5, 0.6) is 0 Å². The molecule has 0 amide bonds. The highest BCUT2D eigenvalue weighted by Crippen LogP contribution is 2.38. The molecule has 0 spiro atoms. The molecule has 106 valence electrons. The first-order chi connectivity index (χ1) is 8.66. The quantitative estimate of drug-likeness (QED) is 0.787. The summed E-state index contributed by atoms with van der Waals surface area (Å²) in [6.45, 7) is 10.2. The Kier molecular flexibility index (Phi) is 4.68. The molecule has 3 nitrogen and oxygen atoms in total. The molecule has 0 aromatic rings. The molecule has 2 aliphatic rings. The van der Waals surface area contributed by atoms with Crippen molar-refractivity contribution in [3.05, 3.63) is 0 Å². The molecular weight excluding hydrogens is 224 g/mol. The van der Waals surface area contributed by atoms with E-state index in [1.807, 2.05) is 7.11 Å². The Labute approximate surface area is 112 Å². The van der Waals surface area contributed by atoms with E-state index in [1.54, 1.807) is 0 Å². The van der Waals surface area contributed by atoms with Crippen LogP contribution in [0.3, 0.4) is 0 Å². The smallest absolute Gasteiger partial charge is 0.0615 e. The number of hydrogen-bond donors (Lipinski definition) is 1. The normalized spacial score (nSPS) is 30.3. The first-order valence-electron chi connectivity index (χ1n) is 7.66. The van der Waals surface area contributed by atoms with Gasteiger partial charge in [-0.3, -0.25) is 4.90 Å². The molecule has 0 aromatic carbocycles. The third-order valence-corrected chi connectivity index (χ3v) is 5.14. The van der Waals surface area contributed by atoms with Crippen LogP contribution in [-0.2, 0) is 4.74 Å². The van der Waals surface area contributed by atoms with Crippen molar-refractivity contribution in [2.24, 2.45) is 5.92 Å². The van der Waals surface area contributed by atoms with E-state index in [0.717, 1.165) is 25.1 Å². The molecule has 2 unspecified atom stereocenters. The molecule has 1 saturated carbocycles. The fourth-order valence-electron chi connectivity index (χ4n) is 3.59. The van der Waals surface area contributed by atoms with E-state index in [9.17, 15) is 0 Å². The predicted molar refractivity (Wildman–Crippen MR) is 75.9 cm³/mol. The van der Waals surface area contributed by atoms with Crippen LogP contribution in [0, 0.1) is 5.92 Å². The molecule has 1 saturated heterocycles. The molecular formula is C15H30N2O. The first kappa shape index (κ1) is 14.3. The van der Waals surface area contributed by atoms with Crippen molar-refractivity contribution in [3.8, 4) is 0 Å². The van der Waals surface area contributed by atoms with Crippen LogP contribution in [0.4, 0.5) is 0 Å². The van der Waals surface area contributed by atoms with E-state index in [4.69, 9.17) is 4.74 Å². The highest BCUT2D eigenvalue weighted by Gasteiger charge is 2.44. The molecule has 1 heterocycles. The van der Waals surface area contributed by atoms with Gasteiger partial charge in [0.15, 0.2) is 0 Å². The number of hydrogen-bond acceptors (Lipinski definition) is 3. The van der Waals surface area contributed by atoms with Crippen molar-refractivity contribution in [3.63, 3.8) is 0 Å². The molecule has 0 radical (unpaired) electrons. The zero-order chi connectivity index (χ0) is 13.2. The molecule has 18 heavy (non-hydrogen) atoms. The number of nitrogens with zero attached hydrogens (tertiary/aromatic N) is 1. The first-order valence-corrected chi connectivity index (χ1v) is 7.66. The van der Waals surface area contributed by atoms with Crippen LogP contribution in [0.2, 0.25) is 0 Å². The predicted octanol–water partition coefficient (Wildman–Crippen LogP) is 2.26. The average molecular weight is 254 g/mol. The Balaban J connectivity index is 2.08. The second kappa shape index (κ2) is 5.89. The average Bonchev–Trinajstić information content (AvgIpc) is 3.22. The Morgan fingerprint density at radius 2 is 2.00 bits per heavy atom. The van der Waals surface area contributed by atoms with Crippen LogP contribution in [-0.4, -0.2) is 49.3 Å². The van der Waals surface area contributed by atoms with Gasteiger partial charge < -0.3 is 10.1 Å². The highest BCUT2D eigenvalue weighted by molar-refractivity contribution is 5.02. The van der Waals surface area contributed by atoms with E-state index >= 15 is 0 Å². The van der Waals surface area contributed by atoms with Crippen LogP contribution >= 0.6 is 0 Å². The summed E-state index contributed by atoms with van der Waals surface area (Å²) in [5, 5.41) is 3.82. The van der Waals surface area contributed by atoms with Gasteiger partial charge in [0.1, 0.15) is 0 Å². The topological polar surface area (TPSA) is 24.5 Å². The van der Waals surface area contributed by atoms with Crippen molar-refractivity contribution < 1.29 is 4.74 Å². The van der Waals surface area contributed by atoms with Crippen molar-refractivity contribution in [1.82, 2.24) is 10.2 Å². The second-order valence-electron chi connectivity index (χ2n) is 6.21. The summed E-state index contributed by atoms with van der Waals surface area (Å²) < 4.78 is 5.39. The number of ether oxygens (including phenoxy) is 1. The molecule has 2 atom stereocenters. The minimum atomic E-state index is 0.337. The van der Waals surface area contributed by atoms with Gasteiger partial charge in [-0.1, -0.05) is 13.8 Å². The van der Waals surface area contributed by atoms with E-state index in [0.29, 0.717) is 11.6 Å². The number of rotatable bonds is 6. The summed E-state index contributed by atoms with van der Waals surface area (Å²) in [4.78, 5) is 2.73. The van der Waals surface area contributed by atoms with Gasteiger partial charge in [0, 0.05) is 37.8 Å². The van der Waals surface area contributed by atoms with E-state index in [1.165, 1.54) is 32.2 Å². The van der Waals surface area contributed by atoms with Crippen molar-refractivity contribution in [2.45, 2.75) is 64.1 Å². The number of nitrogens with one attached hydrogen (secondary N) is 1. The maximum Gasteiger partial charge on any atom is 0.0615 e. The molecule has 2 rings (SSSR count). The van der Waals surface area contributed by atoms with Crippen molar-refractivity contribution >= 4 is 0 Å². The van der Waals surface area contributed by atoms with Crippen LogP contribution in [0.25, 0.3) is 0 Å². The second-order valence-corrected chi connectivity index (χ2v) is 6.21. The van der Waals surface area contributed by atoms with Crippen molar-refractivity contribution in [1.29, 1.82) is 0 Å². The largest absolute Gasteiger partial charge is 0.383 e. The lowest BCUT2D eigenvalue weighted by Gasteiger charge is -2.52.